The third-order valence-corrected chi connectivity index (χ3v) is 13.7. The quantitative estimate of drug-likeness (QED) is 0.120. The molecule has 2 amide bonds. The van der Waals surface area contributed by atoms with Gasteiger partial charge in [0, 0.05) is 85.6 Å². The number of likely N-dealkylation sites (tertiary alicyclic amines) is 2. The van der Waals surface area contributed by atoms with Gasteiger partial charge in [0.05, 0.1) is 24.2 Å². The van der Waals surface area contributed by atoms with Gasteiger partial charge in [-0.15, -0.1) is 0 Å². The number of benzene rings is 2. The van der Waals surface area contributed by atoms with Crippen molar-refractivity contribution in [2.24, 2.45) is 23.7 Å². The lowest BCUT2D eigenvalue weighted by molar-refractivity contribution is -0.128. The van der Waals surface area contributed by atoms with E-state index in [0.717, 1.165) is 50.2 Å². The molecule has 4 aliphatic rings. The van der Waals surface area contributed by atoms with E-state index in [2.05, 4.69) is 58.5 Å². The molecular weight excluding hydrogens is 805 g/mol. The van der Waals surface area contributed by atoms with E-state index in [1.165, 1.54) is 11.1 Å². The summed E-state index contributed by atoms with van der Waals surface area (Å²) in [5.41, 5.74) is 5.65. The zero-order chi connectivity index (χ0) is 45.3. The summed E-state index contributed by atoms with van der Waals surface area (Å²) in [5.74, 6) is -0.361. The molecule has 340 valence electrons. The highest BCUT2D eigenvalue weighted by Crippen LogP contribution is 2.50. The largest absolute Gasteiger partial charge is 0.396 e. The predicted molar refractivity (Wildman–Crippen MR) is 252 cm³/mol. The van der Waals surface area contributed by atoms with Gasteiger partial charge in [-0.1, -0.05) is 98.8 Å². The van der Waals surface area contributed by atoms with E-state index in [9.17, 15) is 29.4 Å². The molecule has 8 atom stereocenters. The first-order chi connectivity index (χ1) is 31.2. The highest BCUT2D eigenvalue weighted by Gasteiger charge is 2.56. The van der Waals surface area contributed by atoms with Crippen molar-refractivity contribution >= 4 is 24.0 Å². The number of hydrogen-bond donors (Lipinski definition) is 4. The Bertz CT molecular complexity index is 2230. The smallest absolute Gasteiger partial charge is 0.258 e. The lowest BCUT2D eigenvalue weighted by Gasteiger charge is -2.30. The van der Waals surface area contributed by atoms with Crippen LogP contribution in [0.4, 0.5) is 0 Å². The maximum Gasteiger partial charge on any atom is 0.258 e. The molecule has 6 heterocycles. The van der Waals surface area contributed by atoms with Gasteiger partial charge in [-0.25, -0.2) is 0 Å². The van der Waals surface area contributed by atoms with Crippen LogP contribution < -0.4 is 21.8 Å². The summed E-state index contributed by atoms with van der Waals surface area (Å²) in [6, 6.07) is 27.2. The van der Waals surface area contributed by atoms with Crippen LogP contribution in [0.25, 0.3) is 12.2 Å². The first kappa shape index (κ1) is 46.6. The Morgan fingerprint density at radius 1 is 0.609 bits per heavy atom. The van der Waals surface area contributed by atoms with Gasteiger partial charge in [0.2, 0.25) is 11.8 Å². The summed E-state index contributed by atoms with van der Waals surface area (Å²) >= 11 is 0. The van der Waals surface area contributed by atoms with Crippen molar-refractivity contribution in [3.8, 4) is 0 Å². The molecule has 0 spiro atoms. The topological polar surface area (TPSA) is 149 Å². The van der Waals surface area contributed by atoms with Crippen molar-refractivity contribution in [2.75, 3.05) is 39.4 Å². The first-order valence-electron chi connectivity index (χ1n) is 23.3. The number of allylic oxidation sites excluding steroid dienone is 2. The Morgan fingerprint density at radius 3 is 1.34 bits per heavy atom. The van der Waals surface area contributed by atoms with Crippen LogP contribution in [0.2, 0.25) is 0 Å². The van der Waals surface area contributed by atoms with E-state index in [4.69, 9.17) is 0 Å². The van der Waals surface area contributed by atoms with Crippen LogP contribution in [0.15, 0.2) is 107 Å². The number of nitrogens with zero attached hydrogens (tertiary/aromatic N) is 4. The fourth-order valence-corrected chi connectivity index (χ4v) is 11.1. The molecule has 0 aliphatic carbocycles. The number of pyridine rings is 2. The number of aliphatic hydroxyl groups is 2. The second-order valence-corrected chi connectivity index (χ2v) is 17.6. The fraction of sp³-hybridized carbons (Fsp3) is 0.462. The zero-order valence-corrected chi connectivity index (χ0v) is 37.8. The third kappa shape index (κ3) is 9.38. The van der Waals surface area contributed by atoms with Crippen LogP contribution in [0.1, 0.15) is 86.3 Å². The number of aromatic nitrogens is 2. The maximum atomic E-state index is 13.3. The molecule has 2 saturated heterocycles. The molecule has 0 bridgehead atoms. The Balaban J connectivity index is 0.000000191. The zero-order valence-electron chi connectivity index (χ0n) is 37.8. The second kappa shape index (κ2) is 21.5. The highest BCUT2D eigenvalue weighted by atomic mass is 16.3. The van der Waals surface area contributed by atoms with Crippen molar-refractivity contribution in [1.82, 2.24) is 29.6 Å². The second-order valence-electron chi connectivity index (χ2n) is 17.6. The van der Waals surface area contributed by atoms with Gasteiger partial charge in [0.15, 0.2) is 0 Å². The molecule has 2 aromatic carbocycles. The molecule has 0 saturated carbocycles. The minimum atomic E-state index is -0.384. The van der Waals surface area contributed by atoms with Crippen molar-refractivity contribution in [3.63, 3.8) is 0 Å². The van der Waals surface area contributed by atoms with Gasteiger partial charge in [0.1, 0.15) is 0 Å². The number of fused-ring (bicyclic) bond motifs is 6. The van der Waals surface area contributed by atoms with E-state index in [1.807, 2.05) is 108 Å². The summed E-state index contributed by atoms with van der Waals surface area (Å²) in [5, 5.41) is 26.8. The molecule has 4 aromatic rings. The molecule has 12 nitrogen and oxygen atoms in total. The first-order valence-corrected chi connectivity index (χ1v) is 23.3. The monoisotopic (exact) mass is 871 g/mol. The van der Waals surface area contributed by atoms with E-state index in [-0.39, 0.29) is 84.0 Å². The Morgan fingerprint density at radius 2 is 1.00 bits per heavy atom. The summed E-state index contributed by atoms with van der Waals surface area (Å²) in [6.07, 6.45) is 10.8. The predicted octanol–water partition coefficient (Wildman–Crippen LogP) is 5.23. The number of hydrogen-bond acceptors (Lipinski definition) is 8. The molecule has 0 unspecified atom stereocenters. The molecule has 0 radical (unpaired) electrons. The van der Waals surface area contributed by atoms with Crippen molar-refractivity contribution in [2.45, 2.75) is 90.6 Å². The molecule has 4 aliphatic heterocycles. The van der Waals surface area contributed by atoms with Crippen molar-refractivity contribution in [1.29, 1.82) is 0 Å². The van der Waals surface area contributed by atoms with Crippen LogP contribution >= 0.6 is 0 Å². The molecule has 2 aromatic heterocycles. The normalized spacial score (nSPS) is 24.6. The van der Waals surface area contributed by atoms with E-state index in [1.54, 1.807) is 0 Å². The van der Waals surface area contributed by atoms with Crippen LogP contribution in [-0.2, 0) is 35.5 Å². The molecule has 4 N–H and O–H groups in total. The minimum absolute atomic E-state index is 0.00648. The molecule has 12 heteroatoms. The minimum Gasteiger partial charge on any atom is -0.396 e. The average Bonchev–Trinajstić information content (AvgIpc) is 4.04. The lowest BCUT2D eigenvalue weighted by atomic mass is 9.88. The van der Waals surface area contributed by atoms with Crippen LogP contribution in [0.3, 0.4) is 0 Å². The Labute approximate surface area is 377 Å². The van der Waals surface area contributed by atoms with Crippen molar-refractivity contribution < 1.29 is 19.8 Å². The summed E-state index contributed by atoms with van der Waals surface area (Å²) in [4.78, 5) is 57.0. The van der Waals surface area contributed by atoms with Gasteiger partial charge in [-0.05, 0) is 88.0 Å². The van der Waals surface area contributed by atoms with Gasteiger partial charge >= 0.3 is 0 Å². The lowest BCUT2D eigenvalue weighted by Crippen LogP contribution is -2.49. The van der Waals surface area contributed by atoms with Gasteiger partial charge in [-0.3, -0.25) is 29.0 Å². The van der Waals surface area contributed by atoms with Crippen LogP contribution in [0, 0.1) is 23.7 Å². The van der Waals surface area contributed by atoms with Crippen LogP contribution in [-0.4, -0.2) is 92.4 Å². The fourth-order valence-electron chi connectivity index (χ4n) is 11.1. The number of amides is 2. The highest BCUT2D eigenvalue weighted by molar-refractivity contribution is 5.83. The van der Waals surface area contributed by atoms with E-state index in [0.29, 0.717) is 37.3 Å². The summed E-state index contributed by atoms with van der Waals surface area (Å²) < 4.78 is 3.69. The summed E-state index contributed by atoms with van der Waals surface area (Å²) in [6.45, 7) is 11.6. The number of aliphatic hydroxyl groups excluding tert-OH is 2. The molecular formula is C52H66N6O6. The standard InChI is InChI=1S/2C26H33N3O3/c2*1-3-8-19-11-12-22-23-20(16-29(22)26(19)32)21(17-30)24(28(23)15-4-2)25(31)27-14-13-18-9-6-5-7-10-18/h2*3,5-12,20-21,23-24,30H,4,13-17H2,1-2H3,(H,27,31)/b8-3+;8-3-/t2*20-,21-,23+,24-/m00/s1. The number of rotatable bonds is 16. The SMILES string of the molecule is C/C=C/c1ccc2n(c1=O)C[C@H]1[C@H](CO)[C@@H](C(=O)NCCc3ccccc3)N(CCC)[C@@H]21.C/C=C\c1ccc2n(c1=O)C[C@H]1[C@H](CO)[C@@H](C(=O)NCCc3ccccc3)N(CCC)[C@@H]21. The average molecular weight is 871 g/mol. The molecule has 2 fully saturated rings. The Kier molecular flexibility index (Phi) is 15.7. The van der Waals surface area contributed by atoms with Gasteiger partial charge in [-0.2, -0.15) is 0 Å². The summed E-state index contributed by atoms with van der Waals surface area (Å²) in [7, 11) is 0. The molecule has 8 rings (SSSR count). The third-order valence-electron chi connectivity index (χ3n) is 13.7. The number of nitrogens with one attached hydrogen (secondary N) is 2. The van der Waals surface area contributed by atoms with Gasteiger partial charge < -0.3 is 30.0 Å². The number of carbonyl (C=O) groups excluding carboxylic acids is 2. The van der Waals surface area contributed by atoms with Gasteiger partial charge in [0.25, 0.3) is 11.1 Å². The van der Waals surface area contributed by atoms with Crippen LogP contribution in [0.5, 0.6) is 0 Å². The van der Waals surface area contributed by atoms with E-state index < -0.39 is 0 Å². The van der Waals surface area contributed by atoms with E-state index >= 15 is 0 Å². The van der Waals surface area contributed by atoms with Crippen molar-refractivity contribution in [3.05, 3.63) is 151 Å². The Hall–Kier alpha value is -5.40. The molecule has 64 heavy (non-hydrogen) atoms. The number of carbonyl (C=O) groups is 2. The maximum absolute atomic E-state index is 13.3.